The molecule has 0 unspecified atom stereocenters. The Morgan fingerprint density at radius 2 is 2.00 bits per heavy atom. The molecule has 2 heterocycles. The fourth-order valence-electron chi connectivity index (χ4n) is 3.53. The molecule has 1 aliphatic heterocycles. The van der Waals surface area contributed by atoms with E-state index in [1.807, 2.05) is 37.3 Å². The maximum absolute atomic E-state index is 13.1. The maximum atomic E-state index is 13.1. The summed E-state index contributed by atoms with van der Waals surface area (Å²) < 4.78 is 5.91. The van der Waals surface area contributed by atoms with Crippen LogP contribution in [0.3, 0.4) is 0 Å². The van der Waals surface area contributed by atoms with Crippen molar-refractivity contribution in [3.63, 3.8) is 0 Å². The molecule has 0 radical (unpaired) electrons. The van der Waals surface area contributed by atoms with Gasteiger partial charge in [0, 0.05) is 31.0 Å². The van der Waals surface area contributed by atoms with Gasteiger partial charge in [0.2, 0.25) is 5.91 Å². The third-order valence-corrected chi connectivity index (χ3v) is 5.63. The largest absolute Gasteiger partial charge is 0.459 e. The predicted octanol–water partition coefficient (Wildman–Crippen LogP) is 5.05. The number of benzene rings is 2. The number of hydrogen-bond acceptors (Lipinski definition) is 3. The summed E-state index contributed by atoms with van der Waals surface area (Å²) in [6.45, 7) is 2.55. The zero-order chi connectivity index (χ0) is 19.8. The van der Waals surface area contributed by atoms with Crippen molar-refractivity contribution in [1.82, 2.24) is 4.90 Å². The van der Waals surface area contributed by atoms with E-state index < -0.39 is 0 Å². The van der Waals surface area contributed by atoms with Crippen LogP contribution in [0.4, 0.5) is 5.69 Å². The van der Waals surface area contributed by atoms with Crippen LogP contribution in [0.25, 0.3) is 11.0 Å². The van der Waals surface area contributed by atoms with Gasteiger partial charge in [-0.15, -0.1) is 0 Å². The molecule has 2 amide bonds. The van der Waals surface area contributed by atoms with Crippen molar-refractivity contribution in [1.29, 1.82) is 0 Å². The third kappa shape index (κ3) is 3.27. The van der Waals surface area contributed by atoms with Gasteiger partial charge < -0.3 is 14.2 Å². The second kappa shape index (κ2) is 7.32. The van der Waals surface area contributed by atoms with Gasteiger partial charge >= 0.3 is 0 Å². The molecule has 1 atom stereocenters. The van der Waals surface area contributed by atoms with E-state index in [2.05, 4.69) is 0 Å². The summed E-state index contributed by atoms with van der Waals surface area (Å²) in [5.41, 5.74) is 1.89. The number of hydrogen-bond donors (Lipinski definition) is 0. The van der Waals surface area contributed by atoms with E-state index in [4.69, 9.17) is 16.0 Å². The molecule has 1 aromatic heterocycles. The van der Waals surface area contributed by atoms with E-state index in [1.54, 1.807) is 35.0 Å². The lowest BCUT2D eigenvalue weighted by Gasteiger charge is -2.24. The fraction of sp³-hybridized carbons (Fsp3) is 0.273. The number of furan rings is 1. The summed E-state index contributed by atoms with van der Waals surface area (Å²) in [5.74, 6) is 0.606. The number of rotatable bonds is 4. The molecule has 28 heavy (non-hydrogen) atoms. The summed E-state index contributed by atoms with van der Waals surface area (Å²) in [6.07, 6.45) is 1.31. The number of carbonyl (C=O) groups is 2. The fourth-order valence-corrected chi connectivity index (χ4v) is 3.75. The zero-order valence-electron chi connectivity index (χ0n) is 15.8. The Balaban J connectivity index is 1.60. The molecule has 1 aliphatic rings. The van der Waals surface area contributed by atoms with E-state index in [-0.39, 0.29) is 17.9 Å². The topological polar surface area (TPSA) is 53.8 Å². The van der Waals surface area contributed by atoms with Crippen molar-refractivity contribution in [2.75, 3.05) is 18.5 Å². The smallest absolute Gasteiger partial charge is 0.254 e. The van der Waals surface area contributed by atoms with Gasteiger partial charge in [-0.3, -0.25) is 9.59 Å². The summed E-state index contributed by atoms with van der Waals surface area (Å²) in [6, 6.07) is 14.6. The summed E-state index contributed by atoms with van der Waals surface area (Å²) in [5, 5.41) is 1.48. The second-order valence-electron chi connectivity index (χ2n) is 7.09. The minimum Gasteiger partial charge on any atom is -0.459 e. The van der Waals surface area contributed by atoms with Crippen molar-refractivity contribution in [2.24, 2.45) is 0 Å². The highest BCUT2D eigenvalue weighted by atomic mass is 35.5. The number of anilines is 1. The molecule has 5 nitrogen and oxygen atoms in total. The predicted molar refractivity (Wildman–Crippen MR) is 110 cm³/mol. The van der Waals surface area contributed by atoms with Crippen molar-refractivity contribution < 1.29 is 14.0 Å². The Hall–Kier alpha value is -2.79. The van der Waals surface area contributed by atoms with Crippen LogP contribution in [0.1, 0.15) is 41.9 Å². The molecular formula is C22H21ClN2O3. The van der Waals surface area contributed by atoms with Crippen LogP contribution in [0.2, 0.25) is 5.02 Å². The van der Waals surface area contributed by atoms with Crippen LogP contribution >= 0.6 is 11.6 Å². The number of halogens is 1. The van der Waals surface area contributed by atoms with Gasteiger partial charge in [-0.1, -0.05) is 29.8 Å². The van der Waals surface area contributed by atoms with E-state index in [1.165, 1.54) is 0 Å². The Bertz CT molecular complexity index is 1030. The zero-order valence-corrected chi connectivity index (χ0v) is 16.6. The number of fused-ring (bicyclic) bond motifs is 1. The summed E-state index contributed by atoms with van der Waals surface area (Å²) >= 11 is 6.30. The molecule has 1 fully saturated rings. The molecule has 3 aromatic rings. The van der Waals surface area contributed by atoms with Gasteiger partial charge in [0.1, 0.15) is 11.3 Å². The van der Waals surface area contributed by atoms with Gasteiger partial charge in [-0.05, 0) is 43.7 Å². The van der Waals surface area contributed by atoms with Gasteiger partial charge in [0.05, 0.1) is 16.8 Å². The van der Waals surface area contributed by atoms with E-state index in [0.29, 0.717) is 29.2 Å². The molecule has 144 valence electrons. The molecule has 6 heteroatoms. The highest BCUT2D eigenvalue weighted by Crippen LogP contribution is 2.32. The average Bonchev–Trinajstić information content (AvgIpc) is 3.32. The van der Waals surface area contributed by atoms with Crippen LogP contribution in [0.15, 0.2) is 52.9 Å². The number of amides is 2. The Kier molecular flexibility index (Phi) is 4.85. The minimum atomic E-state index is -0.243. The van der Waals surface area contributed by atoms with Crippen LogP contribution in [-0.4, -0.2) is 30.3 Å². The SMILES string of the molecule is C[C@H](c1cc2ccccc2o1)N(C)C(=O)c1ccc(Cl)c(N2CCCC2=O)c1. The van der Waals surface area contributed by atoms with Gasteiger partial charge in [-0.25, -0.2) is 0 Å². The van der Waals surface area contributed by atoms with Crippen LogP contribution < -0.4 is 4.90 Å². The van der Waals surface area contributed by atoms with E-state index in [0.717, 1.165) is 23.2 Å². The van der Waals surface area contributed by atoms with Crippen LogP contribution in [0, 0.1) is 0 Å². The lowest BCUT2D eigenvalue weighted by atomic mass is 10.1. The number of nitrogens with zero attached hydrogens (tertiary/aromatic N) is 2. The molecule has 0 spiro atoms. The van der Waals surface area contributed by atoms with Gasteiger partial charge in [-0.2, -0.15) is 0 Å². The van der Waals surface area contributed by atoms with E-state index in [9.17, 15) is 9.59 Å². The number of para-hydroxylation sites is 1. The van der Waals surface area contributed by atoms with Crippen molar-refractivity contribution in [3.05, 3.63) is 64.9 Å². The normalized spacial score (nSPS) is 15.2. The van der Waals surface area contributed by atoms with Gasteiger partial charge in [0.15, 0.2) is 0 Å². The molecule has 0 N–H and O–H groups in total. The van der Waals surface area contributed by atoms with E-state index >= 15 is 0 Å². The van der Waals surface area contributed by atoms with Gasteiger partial charge in [0.25, 0.3) is 5.91 Å². The number of carbonyl (C=O) groups excluding carboxylic acids is 2. The minimum absolute atomic E-state index is 0.0375. The summed E-state index contributed by atoms with van der Waals surface area (Å²) in [4.78, 5) is 28.4. The quantitative estimate of drug-likeness (QED) is 0.620. The first-order valence-electron chi connectivity index (χ1n) is 9.31. The standard InChI is InChI=1S/C22H21ClN2O3/c1-14(20-13-15-6-3-4-7-19(15)28-20)24(2)22(27)16-9-10-17(23)18(12-16)25-11-5-8-21(25)26/h3-4,6-7,9-10,12-14H,5,8,11H2,1-2H3/t14-/m1/s1. The lowest BCUT2D eigenvalue weighted by Crippen LogP contribution is -2.30. The maximum Gasteiger partial charge on any atom is 0.254 e. The first kappa shape index (κ1) is 18.6. The lowest BCUT2D eigenvalue weighted by molar-refractivity contribution is -0.117. The molecule has 1 saturated heterocycles. The molecule has 0 saturated carbocycles. The highest BCUT2D eigenvalue weighted by Gasteiger charge is 2.26. The molecule has 0 aliphatic carbocycles. The van der Waals surface area contributed by atoms with Crippen molar-refractivity contribution in [3.8, 4) is 0 Å². The highest BCUT2D eigenvalue weighted by molar-refractivity contribution is 6.34. The molecular weight excluding hydrogens is 376 g/mol. The van der Waals surface area contributed by atoms with Crippen molar-refractivity contribution >= 4 is 40.1 Å². The molecule has 2 aromatic carbocycles. The Morgan fingerprint density at radius 3 is 2.71 bits per heavy atom. The molecule has 0 bridgehead atoms. The average molecular weight is 397 g/mol. The van der Waals surface area contributed by atoms with Crippen LogP contribution in [0.5, 0.6) is 0 Å². The summed E-state index contributed by atoms with van der Waals surface area (Å²) in [7, 11) is 1.75. The Morgan fingerprint density at radius 1 is 1.21 bits per heavy atom. The Labute approximate surface area is 168 Å². The second-order valence-corrected chi connectivity index (χ2v) is 7.50. The third-order valence-electron chi connectivity index (χ3n) is 5.31. The molecule has 4 rings (SSSR count). The first-order chi connectivity index (χ1) is 13.5. The first-order valence-corrected chi connectivity index (χ1v) is 9.69. The van der Waals surface area contributed by atoms with Crippen molar-refractivity contribution in [2.45, 2.75) is 25.8 Å². The van der Waals surface area contributed by atoms with Crippen LogP contribution in [-0.2, 0) is 4.79 Å². The monoisotopic (exact) mass is 396 g/mol.